The van der Waals surface area contributed by atoms with Gasteiger partial charge in [-0.3, -0.25) is 9.52 Å². The van der Waals surface area contributed by atoms with E-state index in [1.807, 2.05) is 24.3 Å². The summed E-state index contributed by atoms with van der Waals surface area (Å²) in [5.74, 6) is -0.955. The molecule has 2 N–H and O–H groups in total. The molecule has 4 rings (SSSR count). The van der Waals surface area contributed by atoms with Crippen LogP contribution < -0.4 is 14.9 Å². The number of anilines is 3. The second-order valence-electron chi connectivity index (χ2n) is 7.80. The number of nitrogens with zero attached hydrogens (tertiary/aromatic N) is 1. The highest BCUT2D eigenvalue weighted by Gasteiger charge is 2.17. The fourth-order valence-corrected chi connectivity index (χ4v) is 4.70. The summed E-state index contributed by atoms with van der Waals surface area (Å²) in [6.07, 6.45) is 2.32. The number of hydrogen-bond acceptors (Lipinski definition) is 4. The molecule has 0 bridgehead atoms. The second-order valence-corrected chi connectivity index (χ2v) is 9.48. The lowest BCUT2D eigenvalue weighted by molar-refractivity contribution is 0.102. The van der Waals surface area contributed by atoms with E-state index in [4.69, 9.17) is 0 Å². The maximum Gasteiger partial charge on any atom is 0.261 e. The van der Waals surface area contributed by atoms with Crippen LogP contribution in [-0.4, -0.2) is 27.4 Å². The van der Waals surface area contributed by atoms with Gasteiger partial charge in [0.05, 0.1) is 4.90 Å². The van der Waals surface area contributed by atoms with Crippen molar-refractivity contribution in [1.82, 2.24) is 0 Å². The molecule has 0 spiro atoms. The molecule has 1 aliphatic rings. The number of rotatable bonds is 6. The van der Waals surface area contributed by atoms with Gasteiger partial charge in [-0.2, -0.15) is 0 Å². The maximum atomic E-state index is 13.8. The summed E-state index contributed by atoms with van der Waals surface area (Å²) in [5.41, 5.74) is 2.60. The van der Waals surface area contributed by atoms with Crippen LogP contribution in [0.1, 0.15) is 28.8 Å². The van der Waals surface area contributed by atoms with E-state index in [1.54, 1.807) is 19.1 Å². The Morgan fingerprint density at radius 2 is 1.66 bits per heavy atom. The van der Waals surface area contributed by atoms with Crippen molar-refractivity contribution >= 4 is 33.0 Å². The molecule has 0 saturated carbocycles. The number of halogens is 1. The first-order valence-corrected chi connectivity index (χ1v) is 11.9. The molecule has 8 heteroatoms. The zero-order chi connectivity index (χ0) is 22.7. The Morgan fingerprint density at radius 3 is 2.41 bits per heavy atom. The number of nitrogens with one attached hydrogen (secondary N) is 2. The second kappa shape index (κ2) is 9.00. The van der Waals surface area contributed by atoms with Crippen LogP contribution in [0.15, 0.2) is 71.6 Å². The van der Waals surface area contributed by atoms with Crippen LogP contribution >= 0.6 is 0 Å². The lowest BCUT2D eigenvalue weighted by Gasteiger charge is -2.18. The van der Waals surface area contributed by atoms with Gasteiger partial charge in [0.1, 0.15) is 5.82 Å². The molecule has 0 aromatic heterocycles. The quantitative estimate of drug-likeness (QED) is 0.563. The van der Waals surface area contributed by atoms with Gasteiger partial charge in [0.2, 0.25) is 0 Å². The molecule has 1 aliphatic heterocycles. The predicted octanol–water partition coefficient (Wildman–Crippen LogP) is 4.79. The minimum Gasteiger partial charge on any atom is -0.371 e. The van der Waals surface area contributed by atoms with E-state index in [1.165, 1.54) is 24.3 Å². The molecule has 3 aromatic rings. The summed E-state index contributed by atoms with van der Waals surface area (Å²) < 4.78 is 41.4. The zero-order valence-corrected chi connectivity index (χ0v) is 18.5. The van der Waals surface area contributed by atoms with E-state index in [9.17, 15) is 17.6 Å². The van der Waals surface area contributed by atoms with Crippen LogP contribution in [0.25, 0.3) is 0 Å². The zero-order valence-electron chi connectivity index (χ0n) is 17.6. The normalized spacial score (nSPS) is 13.8. The number of carbonyl (C=O) groups excluding carboxylic acids is 1. The number of carbonyl (C=O) groups is 1. The highest BCUT2D eigenvalue weighted by Crippen LogP contribution is 2.24. The Balaban J connectivity index is 1.49. The van der Waals surface area contributed by atoms with Crippen LogP contribution in [0.4, 0.5) is 21.5 Å². The maximum absolute atomic E-state index is 13.8. The van der Waals surface area contributed by atoms with Gasteiger partial charge in [-0.25, -0.2) is 12.8 Å². The van der Waals surface area contributed by atoms with Crippen molar-refractivity contribution in [3.8, 4) is 0 Å². The van der Waals surface area contributed by atoms with E-state index in [0.717, 1.165) is 37.7 Å². The smallest absolute Gasteiger partial charge is 0.261 e. The Labute approximate surface area is 187 Å². The Hall–Kier alpha value is -3.39. The van der Waals surface area contributed by atoms with Gasteiger partial charge >= 0.3 is 0 Å². The average molecular weight is 454 g/mol. The summed E-state index contributed by atoms with van der Waals surface area (Å²) in [5, 5.41) is 2.87. The number of benzene rings is 3. The van der Waals surface area contributed by atoms with E-state index in [-0.39, 0.29) is 16.5 Å². The summed E-state index contributed by atoms with van der Waals surface area (Å²) in [6, 6.07) is 17.5. The number of aryl methyl sites for hydroxylation is 1. The van der Waals surface area contributed by atoms with Crippen molar-refractivity contribution in [3.63, 3.8) is 0 Å². The molecule has 1 amide bonds. The number of amides is 1. The molecule has 1 fully saturated rings. The topological polar surface area (TPSA) is 78.5 Å². The third-order valence-corrected chi connectivity index (χ3v) is 6.78. The van der Waals surface area contributed by atoms with E-state index >= 15 is 0 Å². The Morgan fingerprint density at radius 1 is 0.938 bits per heavy atom. The van der Waals surface area contributed by atoms with Gasteiger partial charge in [0.15, 0.2) is 0 Å². The van der Waals surface area contributed by atoms with Crippen molar-refractivity contribution in [2.45, 2.75) is 24.7 Å². The molecule has 1 heterocycles. The summed E-state index contributed by atoms with van der Waals surface area (Å²) in [4.78, 5) is 14.9. The van der Waals surface area contributed by atoms with Gasteiger partial charge < -0.3 is 10.2 Å². The minimum atomic E-state index is -4.00. The highest BCUT2D eigenvalue weighted by molar-refractivity contribution is 7.92. The molecule has 0 unspecified atom stereocenters. The molecule has 3 aromatic carbocycles. The minimum absolute atomic E-state index is 0.186. The van der Waals surface area contributed by atoms with Gasteiger partial charge in [0.25, 0.3) is 15.9 Å². The molecule has 6 nitrogen and oxygen atoms in total. The van der Waals surface area contributed by atoms with Gasteiger partial charge in [0, 0.05) is 35.7 Å². The van der Waals surface area contributed by atoms with Crippen LogP contribution in [-0.2, 0) is 10.0 Å². The van der Waals surface area contributed by atoms with Gasteiger partial charge in [-0.05, 0) is 73.9 Å². The summed E-state index contributed by atoms with van der Waals surface area (Å²) >= 11 is 0. The van der Waals surface area contributed by atoms with E-state index in [0.29, 0.717) is 16.8 Å². The highest BCUT2D eigenvalue weighted by atomic mass is 32.2. The molecule has 166 valence electrons. The van der Waals surface area contributed by atoms with E-state index < -0.39 is 15.8 Å². The molecule has 0 atom stereocenters. The fourth-order valence-electron chi connectivity index (χ4n) is 3.64. The monoisotopic (exact) mass is 453 g/mol. The van der Waals surface area contributed by atoms with Crippen molar-refractivity contribution in [3.05, 3.63) is 83.7 Å². The lowest BCUT2D eigenvalue weighted by atomic mass is 10.2. The van der Waals surface area contributed by atoms with Crippen LogP contribution in [0.3, 0.4) is 0 Å². The van der Waals surface area contributed by atoms with Crippen molar-refractivity contribution in [2.75, 3.05) is 28.0 Å². The van der Waals surface area contributed by atoms with Crippen molar-refractivity contribution < 1.29 is 17.6 Å². The molecule has 0 aliphatic carbocycles. The van der Waals surface area contributed by atoms with Crippen LogP contribution in [0.5, 0.6) is 0 Å². The first-order valence-electron chi connectivity index (χ1n) is 10.4. The first kappa shape index (κ1) is 21.8. The molecule has 0 radical (unpaired) electrons. The molecule has 32 heavy (non-hydrogen) atoms. The lowest BCUT2D eigenvalue weighted by Crippen LogP contribution is -2.18. The van der Waals surface area contributed by atoms with Crippen LogP contribution in [0.2, 0.25) is 0 Å². The Bertz CT molecular complexity index is 1250. The molecule has 1 saturated heterocycles. The predicted molar refractivity (Wildman–Crippen MR) is 124 cm³/mol. The fraction of sp³-hybridized carbons (Fsp3) is 0.208. The van der Waals surface area contributed by atoms with Gasteiger partial charge in [-0.15, -0.1) is 0 Å². The third kappa shape index (κ3) is 4.91. The third-order valence-electron chi connectivity index (χ3n) is 5.41. The van der Waals surface area contributed by atoms with Crippen LogP contribution in [0, 0.1) is 12.7 Å². The number of hydrogen-bond donors (Lipinski definition) is 2. The largest absolute Gasteiger partial charge is 0.371 e. The van der Waals surface area contributed by atoms with Crippen molar-refractivity contribution in [2.24, 2.45) is 0 Å². The molecular formula is C24H24FN3O3S. The number of sulfonamides is 1. The summed E-state index contributed by atoms with van der Waals surface area (Å²) in [7, 11) is -4.00. The first-order chi connectivity index (χ1) is 15.3. The SMILES string of the molecule is Cc1ccc(S(=O)(=O)Nc2cccc(C(=O)Nc3cccc(N4CCCC4)c3)c2)cc1F. The summed E-state index contributed by atoms with van der Waals surface area (Å²) in [6.45, 7) is 3.57. The van der Waals surface area contributed by atoms with E-state index in [2.05, 4.69) is 14.9 Å². The Kier molecular flexibility index (Phi) is 6.14. The van der Waals surface area contributed by atoms with Gasteiger partial charge in [-0.1, -0.05) is 18.2 Å². The van der Waals surface area contributed by atoms with Crippen molar-refractivity contribution in [1.29, 1.82) is 0 Å². The molecular weight excluding hydrogens is 429 g/mol. The standard InChI is InChI=1S/C24H24FN3O3S/c1-17-10-11-22(16-23(17)25)32(30,31)27-20-8-4-6-18(14-20)24(29)26-19-7-5-9-21(15-19)28-12-2-3-13-28/h4-11,14-16,27H,2-3,12-13H2,1H3,(H,26,29). The average Bonchev–Trinajstić information content (AvgIpc) is 3.31.